The Balaban J connectivity index is 1.71. The first-order valence-electron chi connectivity index (χ1n) is 8.16. The van der Waals surface area contributed by atoms with Gasteiger partial charge in [-0.05, 0) is 43.5 Å². The number of carbonyl (C=O) groups excluding carboxylic acids is 1. The first-order valence-corrected chi connectivity index (χ1v) is 8.16. The fourth-order valence-corrected chi connectivity index (χ4v) is 2.91. The van der Waals surface area contributed by atoms with Crippen LogP contribution >= 0.6 is 0 Å². The summed E-state index contributed by atoms with van der Waals surface area (Å²) in [4.78, 5) is 13.2. The fourth-order valence-electron chi connectivity index (χ4n) is 2.91. The van der Waals surface area contributed by atoms with E-state index in [2.05, 4.69) is 15.8 Å². The van der Waals surface area contributed by atoms with Crippen LogP contribution in [0.4, 0.5) is 4.79 Å². The summed E-state index contributed by atoms with van der Waals surface area (Å²) in [5, 5.41) is 10.9. The Morgan fingerprint density at radius 1 is 1.33 bits per heavy atom. The zero-order valence-corrected chi connectivity index (χ0v) is 14.0. The summed E-state index contributed by atoms with van der Waals surface area (Å²) in [6.07, 6.45) is 2.31. The SMILES string of the molecule is COc1ccc(C2(O)CCN(CCCNNC(=O)NN)CC2)cc1. The van der Waals surface area contributed by atoms with E-state index in [1.165, 1.54) is 0 Å². The molecule has 1 fully saturated rings. The number of carbonyl (C=O) groups is 1. The van der Waals surface area contributed by atoms with E-state index < -0.39 is 11.6 Å². The van der Waals surface area contributed by atoms with Gasteiger partial charge in [0.05, 0.1) is 12.7 Å². The van der Waals surface area contributed by atoms with Gasteiger partial charge in [0.15, 0.2) is 0 Å². The van der Waals surface area contributed by atoms with Gasteiger partial charge in [-0.1, -0.05) is 12.1 Å². The molecule has 0 aliphatic carbocycles. The lowest BCUT2D eigenvalue weighted by molar-refractivity contribution is -0.0260. The number of likely N-dealkylation sites (tertiary alicyclic amines) is 1. The second kappa shape index (κ2) is 8.84. The van der Waals surface area contributed by atoms with Crippen LogP contribution in [0.5, 0.6) is 5.75 Å². The Morgan fingerprint density at radius 3 is 2.58 bits per heavy atom. The molecule has 0 bridgehead atoms. The lowest BCUT2D eigenvalue weighted by atomic mass is 9.84. The molecule has 1 aliphatic rings. The van der Waals surface area contributed by atoms with Gasteiger partial charge in [0, 0.05) is 19.6 Å². The van der Waals surface area contributed by atoms with Crippen LogP contribution in [0.3, 0.4) is 0 Å². The third kappa shape index (κ3) is 5.07. The second-order valence-corrected chi connectivity index (χ2v) is 5.98. The largest absolute Gasteiger partial charge is 0.497 e. The molecule has 0 spiro atoms. The van der Waals surface area contributed by atoms with E-state index in [-0.39, 0.29) is 0 Å². The number of ether oxygens (including phenoxy) is 1. The van der Waals surface area contributed by atoms with Gasteiger partial charge in [-0.15, -0.1) is 0 Å². The number of hydrogen-bond acceptors (Lipinski definition) is 6. The molecule has 0 radical (unpaired) electrons. The van der Waals surface area contributed by atoms with E-state index in [9.17, 15) is 9.90 Å². The molecule has 8 heteroatoms. The highest BCUT2D eigenvalue weighted by Gasteiger charge is 2.33. The molecule has 1 aromatic rings. The third-order valence-electron chi connectivity index (χ3n) is 4.42. The van der Waals surface area contributed by atoms with Crippen molar-refractivity contribution in [2.45, 2.75) is 24.9 Å². The molecule has 6 N–H and O–H groups in total. The molecular formula is C16H27N5O3. The number of nitrogens with two attached hydrogens (primary N) is 1. The minimum atomic E-state index is -0.762. The van der Waals surface area contributed by atoms with Crippen LogP contribution < -0.4 is 26.9 Å². The van der Waals surface area contributed by atoms with Crippen molar-refractivity contribution in [3.05, 3.63) is 29.8 Å². The molecule has 24 heavy (non-hydrogen) atoms. The average Bonchev–Trinajstić information content (AvgIpc) is 2.63. The topological polar surface area (TPSA) is 112 Å². The molecule has 1 heterocycles. The Morgan fingerprint density at radius 2 is 2.00 bits per heavy atom. The van der Waals surface area contributed by atoms with Crippen molar-refractivity contribution in [1.29, 1.82) is 0 Å². The molecule has 0 atom stereocenters. The molecule has 134 valence electrons. The number of methoxy groups -OCH3 is 1. The van der Waals surface area contributed by atoms with E-state index >= 15 is 0 Å². The number of benzene rings is 1. The Kier molecular flexibility index (Phi) is 6.80. The van der Waals surface area contributed by atoms with Crippen molar-refractivity contribution in [2.24, 2.45) is 5.84 Å². The lowest BCUT2D eigenvalue weighted by Crippen LogP contribution is -2.48. The minimum absolute atomic E-state index is 0.461. The van der Waals surface area contributed by atoms with Crippen LogP contribution in [0.2, 0.25) is 0 Å². The van der Waals surface area contributed by atoms with Crippen LogP contribution in [0.25, 0.3) is 0 Å². The van der Waals surface area contributed by atoms with Crippen LogP contribution in [-0.2, 0) is 5.60 Å². The summed E-state index contributed by atoms with van der Waals surface area (Å²) in [7, 11) is 1.63. The third-order valence-corrected chi connectivity index (χ3v) is 4.42. The molecule has 1 saturated heterocycles. The number of nitrogens with zero attached hydrogens (tertiary/aromatic N) is 1. The first kappa shape index (κ1) is 18.5. The summed E-state index contributed by atoms with van der Waals surface area (Å²) in [6, 6.07) is 7.18. The minimum Gasteiger partial charge on any atom is -0.497 e. The van der Waals surface area contributed by atoms with E-state index in [1.54, 1.807) is 7.11 Å². The quantitative estimate of drug-likeness (QED) is 0.208. The first-order chi connectivity index (χ1) is 11.6. The number of piperidine rings is 1. The van der Waals surface area contributed by atoms with Gasteiger partial charge in [-0.25, -0.2) is 16.1 Å². The van der Waals surface area contributed by atoms with E-state index in [1.807, 2.05) is 29.7 Å². The molecule has 1 aromatic carbocycles. The molecule has 2 rings (SSSR count). The molecule has 0 unspecified atom stereocenters. The molecule has 0 aromatic heterocycles. The zero-order valence-electron chi connectivity index (χ0n) is 14.0. The highest BCUT2D eigenvalue weighted by atomic mass is 16.5. The van der Waals surface area contributed by atoms with Crippen LogP contribution in [0, 0.1) is 0 Å². The van der Waals surface area contributed by atoms with Crippen molar-refractivity contribution in [1.82, 2.24) is 21.2 Å². The summed E-state index contributed by atoms with van der Waals surface area (Å²) in [6.45, 7) is 3.27. The van der Waals surface area contributed by atoms with Crippen molar-refractivity contribution in [3.63, 3.8) is 0 Å². The predicted molar refractivity (Wildman–Crippen MR) is 91.0 cm³/mol. The Labute approximate surface area is 142 Å². The molecule has 0 saturated carbocycles. The van der Waals surface area contributed by atoms with Crippen molar-refractivity contribution < 1.29 is 14.6 Å². The molecule has 2 amide bonds. The molecule has 8 nitrogen and oxygen atoms in total. The smallest absolute Gasteiger partial charge is 0.343 e. The van der Waals surface area contributed by atoms with Crippen LogP contribution in [-0.4, -0.2) is 49.3 Å². The van der Waals surface area contributed by atoms with Gasteiger partial charge in [-0.3, -0.25) is 10.9 Å². The maximum Gasteiger partial charge on any atom is 0.343 e. The number of hydrogen-bond donors (Lipinski definition) is 5. The predicted octanol–water partition coefficient (Wildman–Crippen LogP) is 0.0462. The zero-order chi connectivity index (χ0) is 17.4. The number of nitrogens with one attached hydrogen (secondary N) is 3. The molecule has 1 aliphatic heterocycles. The maximum absolute atomic E-state index is 10.9. The summed E-state index contributed by atoms with van der Waals surface area (Å²) in [5.74, 6) is 5.75. The van der Waals surface area contributed by atoms with Crippen LogP contribution in [0.15, 0.2) is 24.3 Å². The summed E-state index contributed by atoms with van der Waals surface area (Å²) in [5.41, 5.74) is 7.38. The number of rotatable bonds is 7. The number of hydrazine groups is 2. The van der Waals surface area contributed by atoms with Gasteiger partial charge in [0.1, 0.15) is 5.75 Å². The maximum atomic E-state index is 10.9. The molecular weight excluding hydrogens is 310 g/mol. The van der Waals surface area contributed by atoms with Gasteiger partial charge in [0.2, 0.25) is 0 Å². The average molecular weight is 337 g/mol. The Bertz CT molecular complexity index is 515. The number of aliphatic hydroxyl groups is 1. The monoisotopic (exact) mass is 337 g/mol. The fraction of sp³-hybridized carbons (Fsp3) is 0.562. The number of urea groups is 1. The standard InChI is InChI=1S/C16H27N5O3/c1-24-14-5-3-13(4-6-14)16(23)7-11-21(12-8-16)10-2-9-18-20-15(22)19-17/h3-6,18,23H,2,7-12,17H2,1H3,(H2,19,20,22). The normalized spacial score (nSPS) is 17.3. The van der Waals surface area contributed by atoms with Crippen molar-refractivity contribution in [2.75, 3.05) is 33.3 Å². The summed E-state index contributed by atoms with van der Waals surface area (Å²) < 4.78 is 5.16. The van der Waals surface area contributed by atoms with Gasteiger partial charge in [0.25, 0.3) is 0 Å². The van der Waals surface area contributed by atoms with E-state index in [4.69, 9.17) is 10.6 Å². The van der Waals surface area contributed by atoms with Crippen molar-refractivity contribution >= 4 is 6.03 Å². The second-order valence-electron chi connectivity index (χ2n) is 5.98. The van der Waals surface area contributed by atoms with Gasteiger partial charge in [-0.2, -0.15) is 0 Å². The highest BCUT2D eigenvalue weighted by molar-refractivity contribution is 5.72. The van der Waals surface area contributed by atoms with Crippen molar-refractivity contribution in [3.8, 4) is 5.75 Å². The van der Waals surface area contributed by atoms with E-state index in [0.29, 0.717) is 19.4 Å². The van der Waals surface area contributed by atoms with Gasteiger partial charge >= 0.3 is 6.03 Å². The van der Waals surface area contributed by atoms with Crippen LogP contribution in [0.1, 0.15) is 24.8 Å². The van der Waals surface area contributed by atoms with Gasteiger partial charge < -0.3 is 14.7 Å². The Hall–Kier alpha value is -1.87. The summed E-state index contributed by atoms with van der Waals surface area (Å²) >= 11 is 0. The highest BCUT2D eigenvalue weighted by Crippen LogP contribution is 2.33. The van der Waals surface area contributed by atoms with E-state index in [0.717, 1.165) is 37.4 Å². The lowest BCUT2D eigenvalue weighted by Gasteiger charge is -2.38. The number of amides is 2.